The predicted octanol–water partition coefficient (Wildman–Crippen LogP) is 3.45. The molecule has 92 valence electrons. The third-order valence-electron chi connectivity index (χ3n) is 2.71. The molecule has 0 radical (unpaired) electrons. The van der Waals surface area contributed by atoms with Crippen LogP contribution in [0, 0.1) is 28.6 Å². The molecule has 3 nitrogen and oxygen atoms in total. The van der Waals surface area contributed by atoms with Gasteiger partial charge in [0.15, 0.2) is 0 Å². The summed E-state index contributed by atoms with van der Waals surface area (Å²) in [4.78, 5) is 0. The van der Waals surface area contributed by atoms with E-state index >= 15 is 0 Å². The van der Waals surface area contributed by atoms with E-state index in [0.29, 0.717) is 17.1 Å². The summed E-state index contributed by atoms with van der Waals surface area (Å²) in [5, 5.41) is 17.8. The Morgan fingerprint density at radius 1 is 1.21 bits per heavy atom. The molecule has 1 aliphatic carbocycles. The fourth-order valence-corrected chi connectivity index (χ4v) is 1.82. The first-order valence-electron chi connectivity index (χ1n) is 5.88. The van der Waals surface area contributed by atoms with Crippen LogP contribution in [0.25, 0.3) is 0 Å². The Morgan fingerprint density at radius 2 is 1.89 bits per heavy atom. The minimum Gasteiger partial charge on any atom is -0.462 e. The van der Waals surface area contributed by atoms with Crippen LogP contribution in [0.3, 0.4) is 0 Å². The first-order chi connectivity index (χ1) is 9.22. The molecule has 0 atom stereocenters. The normalized spacial score (nSPS) is 17.7. The monoisotopic (exact) mass is 248 g/mol. The maximum absolute atomic E-state index is 8.89. The van der Waals surface area contributed by atoms with Crippen LogP contribution in [-0.4, -0.2) is 0 Å². The van der Waals surface area contributed by atoms with Crippen LogP contribution in [0.4, 0.5) is 0 Å². The van der Waals surface area contributed by atoms with Gasteiger partial charge in [0.1, 0.15) is 29.2 Å². The molecular weight excluding hydrogens is 236 g/mol. The highest BCUT2D eigenvalue weighted by atomic mass is 16.5. The van der Waals surface area contributed by atoms with Crippen molar-refractivity contribution in [2.45, 2.75) is 6.92 Å². The van der Waals surface area contributed by atoms with Crippen LogP contribution in [0.15, 0.2) is 71.3 Å². The molecule has 2 rings (SSSR count). The number of nitrogens with zero attached hydrogens (tertiary/aromatic N) is 2. The van der Waals surface area contributed by atoms with Crippen molar-refractivity contribution in [1.29, 1.82) is 10.5 Å². The zero-order chi connectivity index (χ0) is 13.7. The van der Waals surface area contributed by atoms with Gasteiger partial charge in [-0.25, -0.2) is 0 Å². The Morgan fingerprint density at radius 3 is 2.53 bits per heavy atom. The van der Waals surface area contributed by atoms with Crippen molar-refractivity contribution in [3.05, 3.63) is 71.3 Å². The van der Waals surface area contributed by atoms with Gasteiger partial charge < -0.3 is 4.74 Å². The van der Waals surface area contributed by atoms with Crippen molar-refractivity contribution < 1.29 is 4.74 Å². The van der Waals surface area contributed by atoms with Gasteiger partial charge >= 0.3 is 0 Å². The Kier molecular flexibility index (Phi) is 3.81. The van der Waals surface area contributed by atoms with Gasteiger partial charge in [-0.05, 0) is 25.2 Å². The average molecular weight is 248 g/mol. The van der Waals surface area contributed by atoms with E-state index in [9.17, 15) is 0 Å². The average Bonchev–Trinajstić information content (AvgIpc) is 2.90. The zero-order valence-electron chi connectivity index (χ0n) is 10.5. The lowest BCUT2D eigenvalue weighted by Crippen LogP contribution is -1.98. The van der Waals surface area contributed by atoms with Gasteiger partial charge in [-0.2, -0.15) is 10.5 Å². The number of ether oxygens (including phenoxy) is 1. The molecule has 3 heteroatoms. The highest BCUT2D eigenvalue weighted by Crippen LogP contribution is 2.23. The second-order valence-corrected chi connectivity index (χ2v) is 4.16. The van der Waals surface area contributed by atoms with Crippen molar-refractivity contribution in [3.8, 4) is 12.1 Å². The van der Waals surface area contributed by atoms with Gasteiger partial charge in [0.05, 0.1) is 0 Å². The van der Waals surface area contributed by atoms with E-state index in [2.05, 4.69) is 12.2 Å². The Bertz CT molecular complexity index is 615. The van der Waals surface area contributed by atoms with Crippen LogP contribution >= 0.6 is 0 Å². The topological polar surface area (TPSA) is 56.8 Å². The Balaban J connectivity index is 2.25. The minimum absolute atomic E-state index is 0.0919. The van der Waals surface area contributed by atoms with E-state index in [0.717, 1.165) is 0 Å². The maximum atomic E-state index is 8.89. The summed E-state index contributed by atoms with van der Waals surface area (Å²) in [6, 6.07) is 3.77. The summed E-state index contributed by atoms with van der Waals surface area (Å²) in [6.07, 6.45) is 15.4. The lowest BCUT2D eigenvalue weighted by Gasteiger charge is -2.13. The molecule has 19 heavy (non-hydrogen) atoms. The summed E-state index contributed by atoms with van der Waals surface area (Å²) in [7, 11) is 0. The molecule has 1 heterocycles. The standard InChI is InChI=1S/C16H12N2O/c1-12-8-14(15(10-17)11-18)9-16(19-12)7-6-13-4-2-3-5-13/h2-9,13H,1H3/b7-6+. The molecule has 0 amide bonds. The number of nitriles is 2. The predicted molar refractivity (Wildman–Crippen MR) is 72.1 cm³/mol. The summed E-state index contributed by atoms with van der Waals surface area (Å²) < 4.78 is 5.55. The van der Waals surface area contributed by atoms with Crippen LogP contribution in [-0.2, 0) is 4.74 Å². The maximum Gasteiger partial charge on any atom is 0.137 e. The number of hydrogen-bond donors (Lipinski definition) is 0. The molecule has 0 unspecified atom stereocenters. The van der Waals surface area contributed by atoms with Gasteiger partial charge in [-0.15, -0.1) is 0 Å². The van der Waals surface area contributed by atoms with Crippen LogP contribution in [0.1, 0.15) is 6.92 Å². The third-order valence-corrected chi connectivity index (χ3v) is 2.71. The first kappa shape index (κ1) is 12.7. The number of rotatable bonds is 2. The second-order valence-electron chi connectivity index (χ2n) is 4.16. The molecule has 2 aliphatic rings. The van der Waals surface area contributed by atoms with Crippen LogP contribution in [0.5, 0.6) is 0 Å². The van der Waals surface area contributed by atoms with Gasteiger partial charge in [-0.1, -0.05) is 30.4 Å². The van der Waals surface area contributed by atoms with Crippen molar-refractivity contribution in [3.63, 3.8) is 0 Å². The summed E-state index contributed by atoms with van der Waals surface area (Å²) in [5.41, 5.74) is 0.681. The molecule has 1 aliphatic heterocycles. The van der Waals surface area contributed by atoms with Gasteiger partial charge in [-0.3, -0.25) is 0 Å². The van der Waals surface area contributed by atoms with Crippen molar-refractivity contribution in [2.75, 3.05) is 0 Å². The Labute approximate surface area is 112 Å². The van der Waals surface area contributed by atoms with E-state index in [1.54, 1.807) is 19.1 Å². The largest absolute Gasteiger partial charge is 0.462 e. The van der Waals surface area contributed by atoms with Gasteiger partial charge in [0, 0.05) is 11.5 Å². The minimum atomic E-state index is 0.0919. The molecule has 0 bridgehead atoms. The lowest BCUT2D eigenvalue weighted by atomic mass is 10.1. The van der Waals surface area contributed by atoms with Crippen molar-refractivity contribution >= 4 is 0 Å². The molecule has 0 spiro atoms. The molecular formula is C16H12N2O. The quantitative estimate of drug-likeness (QED) is 0.703. The zero-order valence-corrected chi connectivity index (χ0v) is 10.5. The van der Waals surface area contributed by atoms with E-state index < -0.39 is 0 Å². The molecule has 0 N–H and O–H groups in total. The van der Waals surface area contributed by atoms with Gasteiger partial charge in [0.2, 0.25) is 0 Å². The van der Waals surface area contributed by atoms with E-state index in [1.165, 1.54) is 0 Å². The number of allylic oxidation sites excluding steroid dienone is 11. The second kappa shape index (κ2) is 5.71. The van der Waals surface area contributed by atoms with Crippen molar-refractivity contribution in [2.24, 2.45) is 5.92 Å². The molecule has 0 aromatic heterocycles. The van der Waals surface area contributed by atoms with Crippen LogP contribution in [0.2, 0.25) is 0 Å². The molecule has 0 saturated heterocycles. The fourth-order valence-electron chi connectivity index (χ4n) is 1.82. The van der Waals surface area contributed by atoms with Crippen molar-refractivity contribution in [1.82, 2.24) is 0 Å². The van der Waals surface area contributed by atoms with E-state index in [-0.39, 0.29) is 11.5 Å². The SMILES string of the molecule is CC1=CC(=C(C#N)C#N)C=C(/C=C/C2C=CC=C2)O1. The highest BCUT2D eigenvalue weighted by molar-refractivity contribution is 5.53. The summed E-state index contributed by atoms with van der Waals surface area (Å²) in [5.74, 6) is 1.57. The van der Waals surface area contributed by atoms with Crippen LogP contribution < -0.4 is 0 Å². The molecule has 0 saturated carbocycles. The van der Waals surface area contributed by atoms with Gasteiger partial charge in [0.25, 0.3) is 0 Å². The number of hydrogen-bond acceptors (Lipinski definition) is 3. The molecule has 0 aromatic rings. The Hall–Kier alpha value is -2.78. The lowest BCUT2D eigenvalue weighted by molar-refractivity contribution is 0.317. The first-order valence-corrected chi connectivity index (χ1v) is 5.88. The van der Waals surface area contributed by atoms with E-state index in [4.69, 9.17) is 15.3 Å². The highest BCUT2D eigenvalue weighted by Gasteiger charge is 2.10. The van der Waals surface area contributed by atoms with E-state index in [1.807, 2.05) is 36.4 Å². The smallest absolute Gasteiger partial charge is 0.137 e. The molecule has 0 aromatic carbocycles. The summed E-state index contributed by atoms with van der Waals surface area (Å²) >= 11 is 0. The fraction of sp³-hybridized carbons (Fsp3) is 0.125. The summed E-state index contributed by atoms with van der Waals surface area (Å²) in [6.45, 7) is 1.79. The molecule has 0 fully saturated rings. The third kappa shape index (κ3) is 3.12.